The molecular weight excluding hydrogens is 252 g/mol. The van der Waals surface area contributed by atoms with Gasteiger partial charge in [-0.3, -0.25) is 4.79 Å². The van der Waals surface area contributed by atoms with Gasteiger partial charge in [-0.15, -0.1) is 12.4 Å². The first-order valence-corrected chi connectivity index (χ1v) is 6.78. The van der Waals surface area contributed by atoms with Gasteiger partial charge in [0.05, 0.1) is 6.61 Å². The lowest BCUT2D eigenvalue weighted by molar-refractivity contribution is -0.127. The fourth-order valence-electron chi connectivity index (χ4n) is 3.04. The molecule has 1 aliphatic carbocycles. The van der Waals surface area contributed by atoms with E-state index in [9.17, 15) is 9.90 Å². The Bertz CT molecular complexity index is 282. The number of aliphatic hydroxyl groups excluding tert-OH is 1. The Morgan fingerprint density at radius 3 is 2.67 bits per heavy atom. The van der Waals surface area contributed by atoms with E-state index in [0.717, 1.165) is 45.2 Å². The first-order chi connectivity index (χ1) is 8.15. The van der Waals surface area contributed by atoms with Gasteiger partial charge >= 0.3 is 0 Å². The van der Waals surface area contributed by atoms with E-state index in [1.165, 1.54) is 0 Å². The van der Waals surface area contributed by atoms with Crippen LogP contribution in [0, 0.1) is 11.3 Å². The van der Waals surface area contributed by atoms with E-state index in [2.05, 4.69) is 17.6 Å². The van der Waals surface area contributed by atoms with E-state index in [-0.39, 0.29) is 42.3 Å². The number of hydrogen-bond acceptors (Lipinski definition) is 3. The predicted molar refractivity (Wildman–Crippen MR) is 73.8 cm³/mol. The van der Waals surface area contributed by atoms with Crippen LogP contribution in [0.4, 0.5) is 0 Å². The van der Waals surface area contributed by atoms with Crippen molar-refractivity contribution in [2.45, 2.75) is 45.1 Å². The van der Waals surface area contributed by atoms with E-state index in [1.807, 2.05) is 0 Å². The van der Waals surface area contributed by atoms with Crippen LogP contribution in [0.1, 0.15) is 39.0 Å². The second-order valence-electron chi connectivity index (χ2n) is 5.79. The van der Waals surface area contributed by atoms with Crippen molar-refractivity contribution in [3.63, 3.8) is 0 Å². The van der Waals surface area contributed by atoms with E-state index < -0.39 is 0 Å². The topological polar surface area (TPSA) is 61.4 Å². The summed E-state index contributed by atoms with van der Waals surface area (Å²) in [6, 6.07) is 0.162. The molecular formula is C13H25ClN2O2. The molecule has 3 N–H and O–H groups in total. The zero-order valence-corrected chi connectivity index (χ0v) is 11.9. The molecule has 0 radical (unpaired) electrons. The van der Waals surface area contributed by atoms with Crippen molar-refractivity contribution in [2.24, 2.45) is 11.3 Å². The SMILES string of the molecule is CC1(CO)CCCC1NC(=O)C1CCNCC1.Cl. The monoisotopic (exact) mass is 276 g/mol. The Labute approximate surface area is 115 Å². The van der Waals surface area contributed by atoms with Gasteiger partial charge in [-0.1, -0.05) is 13.3 Å². The number of carbonyl (C=O) groups is 1. The molecule has 2 atom stereocenters. The minimum Gasteiger partial charge on any atom is -0.396 e. The molecule has 1 heterocycles. The fourth-order valence-corrected chi connectivity index (χ4v) is 3.04. The van der Waals surface area contributed by atoms with Gasteiger partial charge in [0.2, 0.25) is 5.91 Å². The third-order valence-corrected chi connectivity index (χ3v) is 4.47. The molecule has 2 unspecified atom stereocenters. The summed E-state index contributed by atoms with van der Waals surface area (Å²) in [5.74, 6) is 0.359. The minimum absolute atomic E-state index is 0. The lowest BCUT2D eigenvalue weighted by atomic mass is 9.85. The third kappa shape index (κ3) is 3.37. The van der Waals surface area contributed by atoms with Crippen molar-refractivity contribution in [1.29, 1.82) is 0 Å². The van der Waals surface area contributed by atoms with Crippen LogP contribution in [0.15, 0.2) is 0 Å². The first-order valence-electron chi connectivity index (χ1n) is 6.78. The number of aliphatic hydroxyl groups is 1. The molecule has 2 aliphatic rings. The molecule has 1 saturated carbocycles. The van der Waals surface area contributed by atoms with E-state index in [4.69, 9.17) is 0 Å². The van der Waals surface area contributed by atoms with E-state index in [0.29, 0.717) is 0 Å². The molecule has 2 rings (SSSR count). The number of hydrogen-bond donors (Lipinski definition) is 3. The first kappa shape index (κ1) is 15.7. The minimum atomic E-state index is -0.109. The zero-order valence-electron chi connectivity index (χ0n) is 11.1. The van der Waals surface area contributed by atoms with E-state index in [1.54, 1.807) is 0 Å². The van der Waals surface area contributed by atoms with Crippen LogP contribution in [0.2, 0.25) is 0 Å². The quantitative estimate of drug-likeness (QED) is 0.723. The van der Waals surface area contributed by atoms with Crippen molar-refractivity contribution in [1.82, 2.24) is 10.6 Å². The summed E-state index contributed by atoms with van der Waals surface area (Å²) >= 11 is 0. The van der Waals surface area contributed by atoms with Gasteiger partial charge in [0, 0.05) is 17.4 Å². The Balaban J connectivity index is 0.00000162. The Hall–Kier alpha value is -0.320. The number of piperidine rings is 1. The highest BCUT2D eigenvalue weighted by atomic mass is 35.5. The Kier molecular flexibility index (Phi) is 5.89. The summed E-state index contributed by atoms with van der Waals surface area (Å²) < 4.78 is 0. The Morgan fingerprint density at radius 1 is 1.39 bits per heavy atom. The van der Waals surface area contributed by atoms with Gasteiger partial charge in [-0.2, -0.15) is 0 Å². The molecule has 0 bridgehead atoms. The molecule has 0 aromatic carbocycles. The van der Waals surface area contributed by atoms with Gasteiger partial charge in [0.25, 0.3) is 0 Å². The second kappa shape index (κ2) is 6.73. The molecule has 0 spiro atoms. The fraction of sp³-hybridized carbons (Fsp3) is 0.923. The molecule has 5 heteroatoms. The van der Waals surface area contributed by atoms with Crippen molar-refractivity contribution in [3.8, 4) is 0 Å². The highest BCUT2D eigenvalue weighted by Gasteiger charge is 2.39. The van der Waals surface area contributed by atoms with Crippen molar-refractivity contribution in [3.05, 3.63) is 0 Å². The van der Waals surface area contributed by atoms with Crippen LogP contribution in [0.5, 0.6) is 0 Å². The standard InChI is InChI=1S/C13H24N2O2.ClH/c1-13(9-16)6-2-3-11(13)15-12(17)10-4-7-14-8-5-10;/h10-11,14,16H,2-9H2,1H3,(H,15,17);1H. The summed E-state index contributed by atoms with van der Waals surface area (Å²) in [6.45, 7) is 4.14. The zero-order chi connectivity index (χ0) is 12.3. The third-order valence-electron chi connectivity index (χ3n) is 4.47. The molecule has 0 aromatic heterocycles. The predicted octanol–water partition coefficient (Wildman–Crippen LogP) is 1.08. The van der Waals surface area contributed by atoms with Gasteiger partial charge in [0.1, 0.15) is 0 Å². The number of halogens is 1. The number of carbonyl (C=O) groups excluding carboxylic acids is 1. The second-order valence-corrected chi connectivity index (χ2v) is 5.79. The maximum atomic E-state index is 12.1. The average Bonchev–Trinajstić information content (AvgIpc) is 2.73. The summed E-state index contributed by atoms with van der Waals surface area (Å²) in [5, 5.41) is 15.9. The van der Waals surface area contributed by atoms with Crippen LogP contribution in [-0.4, -0.2) is 36.8 Å². The summed E-state index contributed by atoms with van der Waals surface area (Å²) in [5.41, 5.74) is -0.109. The number of amides is 1. The molecule has 4 nitrogen and oxygen atoms in total. The highest BCUT2D eigenvalue weighted by molar-refractivity contribution is 5.85. The summed E-state index contributed by atoms with van der Waals surface area (Å²) in [4.78, 5) is 12.1. The maximum Gasteiger partial charge on any atom is 0.223 e. The largest absolute Gasteiger partial charge is 0.396 e. The van der Waals surface area contributed by atoms with Crippen LogP contribution in [0.25, 0.3) is 0 Å². The lowest BCUT2D eigenvalue weighted by Gasteiger charge is -2.32. The smallest absolute Gasteiger partial charge is 0.223 e. The van der Waals surface area contributed by atoms with Gasteiger partial charge in [-0.25, -0.2) is 0 Å². The number of rotatable bonds is 3. The maximum absolute atomic E-state index is 12.1. The lowest BCUT2D eigenvalue weighted by Crippen LogP contribution is -2.48. The van der Waals surface area contributed by atoms with Gasteiger partial charge in [-0.05, 0) is 38.8 Å². The van der Waals surface area contributed by atoms with Crippen LogP contribution in [-0.2, 0) is 4.79 Å². The van der Waals surface area contributed by atoms with Crippen molar-refractivity contribution < 1.29 is 9.90 Å². The molecule has 1 aliphatic heterocycles. The van der Waals surface area contributed by atoms with Gasteiger partial charge in [0.15, 0.2) is 0 Å². The number of nitrogens with one attached hydrogen (secondary N) is 2. The van der Waals surface area contributed by atoms with Crippen LogP contribution < -0.4 is 10.6 Å². The van der Waals surface area contributed by atoms with Crippen LogP contribution >= 0.6 is 12.4 Å². The van der Waals surface area contributed by atoms with Gasteiger partial charge < -0.3 is 15.7 Å². The molecule has 106 valence electrons. The Morgan fingerprint density at radius 2 is 2.06 bits per heavy atom. The highest BCUT2D eigenvalue weighted by Crippen LogP contribution is 2.37. The normalized spacial score (nSPS) is 32.9. The molecule has 18 heavy (non-hydrogen) atoms. The molecule has 2 fully saturated rings. The van der Waals surface area contributed by atoms with Crippen LogP contribution in [0.3, 0.4) is 0 Å². The molecule has 1 saturated heterocycles. The summed E-state index contributed by atoms with van der Waals surface area (Å²) in [7, 11) is 0. The van der Waals surface area contributed by atoms with E-state index >= 15 is 0 Å². The average molecular weight is 277 g/mol. The van der Waals surface area contributed by atoms with Crippen molar-refractivity contribution in [2.75, 3.05) is 19.7 Å². The summed E-state index contributed by atoms with van der Waals surface area (Å²) in [6.07, 6.45) is 5.01. The molecule has 0 aromatic rings. The molecule has 1 amide bonds. The van der Waals surface area contributed by atoms with Crippen molar-refractivity contribution >= 4 is 18.3 Å².